The third kappa shape index (κ3) is 24.0. The first-order valence-corrected chi connectivity index (χ1v) is 37.0. The number of fused-ring (bicyclic) bond motifs is 5. The average Bonchev–Trinajstić information content (AvgIpc) is 1.59. The van der Waals surface area contributed by atoms with E-state index < -0.39 is 137 Å². The number of methoxy groups -OCH3 is 8. The van der Waals surface area contributed by atoms with Crippen molar-refractivity contribution < 1.29 is 165 Å². The summed E-state index contributed by atoms with van der Waals surface area (Å²) in [5.41, 5.74) is -5.42. The number of halogens is 1. The van der Waals surface area contributed by atoms with Crippen LogP contribution >= 0.6 is 0 Å². The maximum atomic E-state index is 9.81. The molecule has 3 radical (unpaired) electrons. The molecule has 12 aliphatic heterocycles. The highest BCUT2D eigenvalue weighted by atomic mass is 19.0. The lowest BCUT2D eigenvalue weighted by Gasteiger charge is -2.31. The smallest absolute Gasteiger partial charge is 0.189 e. The molecule has 0 aromatic carbocycles. The van der Waals surface area contributed by atoms with Gasteiger partial charge in [0.15, 0.2) is 54.1 Å². The highest BCUT2D eigenvalue weighted by Gasteiger charge is 2.69. The minimum atomic E-state index is -1.69. The summed E-state index contributed by atoms with van der Waals surface area (Å²) in [5.74, 6) is -3.52. The highest BCUT2D eigenvalue weighted by molar-refractivity contribution is 5.75. The second-order valence-electron chi connectivity index (χ2n) is 32.8. The fourth-order valence-corrected chi connectivity index (χ4v) is 16.4. The van der Waals surface area contributed by atoms with Gasteiger partial charge in [0.2, 0.25) is 0 Å². The van der Waals surface area contributed by atoms with Crippen molar-refractivity contribution in [1.82, 2.24) is 4.90 Å². The monoisotopic (exact) mass is 1690 g/mol. The van der Waals surface area contributed by atoms with E-state index in [-0.39, 0.29) is 116 Å². The molecule has 0 saturated carbocycles. The lowest BCUT2D eigenvalue weighted by Crippen LogP contribution is -2.49. The molecule has 0 spiro atoms. The molecule has 8 N–H and O–H groups in total. The van der Waals surface area contributed by atoms with Crippen molar-refractivity contribution in [2.75, 3.05) is 117 Å². The molecule has 12 aliphatic rings. The summed E-state index contributed by atoms with van der Waals surface area (Å²) in [7, 11) is 16.6. The third-order valence-electron chi connectivity index (χ3n) is 21.1. The molecule has 0 bridgehead atoms. The Hall–Kier alpha value is -3.74. The molecule has 12 saturated heterocycles. The third-order valence-corrected chi connectivity index (χ3v) is 21.1. The number of nitriles is 3. The first-order valence-electron chi connectivity index (χ1n) is 37.0. The van der Waals surface area contributed by atoms with Crippen LogP contribution in [0.3, 0.4) is 0 Å². The molecular formula is C78H143BFN4O33. The zero-order chi connectivity index (χ0) is 84.7. The molecule has 683 valence electrons. The van der Waals surface area contributed by atoms with Gasteiger partial charge in [-0.15, -0.1) is 0 Å². The maximum Gasteiger partial charge on any atom is 0.189 e. The molecule has 37 nitrogen and oxygen atoms in total. The topological polar surface area (TPSA) is 467 Å². The van der Waals surface area contributed by atoms with E-state index in [2.05, 4.69) is 16.9 Å². The van der Waals surface area contributed by atoms with Crippen molar-refractivity contribution in [1.29, 1.82) is 15.8 Å². The number of aliphatic hydroxyl groups is 8. The largest absolute Gasteiger partial charge is 0.514 e. The minimum absolute atomic E-state index is 0. The zero-order valence-electron chi connectivity index (χ0n) is 71.0. The molecule has 12 fully saturated rings. The van der Waals surface area contributed by atoms with E-state index in [9.17, 15) is 30.8 Å². The van der Waals surface area contributed by atoms with Gasteiger partial charge in [0, 0.05) is 87.0 Å². The Bertz CT molecular complexity index is 3230. The molecule has 28 atom stereocenters. The van der Waals surface area contributed by atoms with Crippen LogP contribution in [0.15, 0.2) is 23.6 Å². The molecule has 117 heavy (non-hydrogen) atoms. The Morgan fingerprint density at radius 1 is 0.436 bits per heavy atom. The van der Waals surface area contributed by atoms with Crippen LogP contribution in [-0.2, 0) is 118 Å². The summed E-state index contributed by atoms with van der Waals surface area (Å²) >= 11 is 0. The molecule has 0 aromatic heterocycles. The second kappa shape index (κ2) is 43.7. The van der Waals surface area contributed by atoms with Gasteiger partial charge in [0.25, 0.3) is 0 Å². The van der Waals surface area contributed by atoms with Crippen molar-refractivity contribution in [2.24, 2.45) is 0 Å². The van der Waals surface area contributed by atoms with Gasteiger partial charge in [-0.2, -0.15) is 15.8 Å². The molecule has 39 heteroatoms. The van der Waals surface area contributed by atoms with Crippen LogP contribution in [-0.4, -0.2) is 368 Å². The van der Waals surface area contributed by atoms with E-state index in [0.29, 0.717) is 45.0 Å². The number of aliphatic hydroxyl groups excluding tert-OH is 7. The van der Waals surface area contributed by atoms with Gasteiger partial charge in [-0.1, -0.05) is 22.3 Å². The molecule has 12 heterocycles. The summed E-state index contributed by atoms with van der Waals surface area (Å²) in [4.78, 5) is 1.82. The number of rotatable bonds is 19. The highest BCUT2D eigenvalue weighted by Crippen LogP contribution is 2.53. The fourth-order valence-electron chi connectivity index (χ4n) is 16.4. The van der Waals surface area contributed by atoms with Crippen LogP contribution in [0.2, 0.25) is 0 Å². The van der Waals surface area contributed by atoms with E-state index in [1.807, 2.05) is 108 Å². The van der Waals surface area contributed by atoms with Gasteiger partial charge in [0.1, 0.15) is 149 Å². The van der Waals surface area contributed by atoms with Gasteiger partial charge >= 0.3 is 0 Å². The summed E-state index contributed by atoms with van der Waals surface area (Å²) in [6.07, 6.45) is -8.09. The van der Waals surface area contributed by atoms with Crippen molar-refractivity contribution in [2.45, 2.75) is 343 Å². The van der Waals surface area contributed by atoms with Crippen LogP contribution in [0.1, 0.15) is 148 Å². The van der Waals surface area contributed by atoms with Crippen LogP contribution < -0.4 is 0 Å². The van der Waals surface area contributed by atoms with Crippen molar-refractivity contribution in [3.63, 3.8) is 0 Å². The summed E-state index contributed by atoms with van der Waals surface area (Å²) in [6, 6.07) is 6.29. The Kier molecular flexibility index (Phi) is 41.6. The quantitative estimate of drug-likeness (QED) is 0.0518. The molecule has 0 aliphatic carbocycles. The van der Waals surface area contributed by atoms with Crippen LogP contribution in [0, 0.1) is 34.0 Å². The molecule has 0 aromatic rings. The predicted octanol–water partition coefficient (Wildman–Crippen LogP) is 3.80. The SMILES string of the molecule is C.C.C.CC1(C)O[C@@H]2[C@@H](CO)OC(O)[C@]2(C)O1.COC[C@H]1OC(C(C#N)=CN(C)C)[C@]2(C)OC(C)(C)O[C@H]12.COC[C@H]1OC(C(C#N)=CO)[C@]2(C)OC(C)(C)O[C@H]12.COC[C@H]1OC(CC#N)[C@]2(C)OC(C)(C)O[C@H]12.COC[C@H]1OC(O)[C@]2(C)OC(C)(C)O[C@H]12.COC[C@H]1OC(OC)[C@](C)(OC)[C@@H]1OC.C[C@]1(O)C(O)O[C@H](CO)[C@H]1O.F.[2HH].[B]. The molecular weight excluding hydrogens is 1550 g/mol. The summed E-state index contributed by atoms with van der Waals surface area (Å²) < 4.78 is 138. The standard InChI is InChI=1S/C15H24N2O4.C13H19NO5.C12H19NO4.C10H18O5.C10H20O5.C9H16O5.C6H12O5.3CH4.B.FH.H2/c1-14(2)20-13-11(9-18-6)19-12(15(13,3)21-14)10(7-16)8-17(4)5;1-12(2)18-11-9(7-16-4)17-10(8(5-14)6-15)13(11,3)19-12;1-11(2)16-10-8(7-14-4)15-9(5-6-13)12(10,3)17-11;1-9(2)14-7-6(5-12-4)13-8(11)10(7,3)15-9;1-10(14-5)8(12-3)7(6-11-2)15-9(10)13-4;1-8(2)13-6-5(4-10)12-7(11)9(6,3)14-8;1-6(10)4(8)3(2-7)11-5(6)9;;;;;;/h8,11-13H,9H2,1-6H3;6,9-11,15H,7H2,1-4H3;8-10H,5,7H2,1-4H3;6-8,11H,5H2,1-4H3;7-9H,6H2,1-5H3;5-7,10-11H,4H2,1-3H3;3-5,7-10H,2H2,1H3;3*1H4;;2*1H/t11-,12?,13-,15+;9-,10?,11-,13+;8-,9?,10-,12+;6-,7-,8?,10-;7-,8-,9?,10-;5-,6-,7?,9-;3-,4-,5?,6-;;;;;;/m1111111....../s1/i;;;;;;;;;;;;1+1. The Morgan fingerprint density at radius 3 is 1.08 bits per heavy atom. The fraction of sp³-hybridized carbons (Fsp3) is 0.910. The van der Waals surface area contributed by atoms with Crippen molar-refractivity contribution in [3.8, 4) is 18.2 Å². The minimum Gasteiger partial charge on any atom is -0.514 e. The van der Waals surface area contributed by atoms with Crippen molar-refractivity contribution >= 4 is 8.41 Å². The van der Waals surface area contributed by atoms with Crippen LogP contribution in [0.5, 0.6) is 0 Å². The number of nitrogens with zero attached hydrogens (tertiary/aromatic N) is 4. The van der Waals surface area contributed by atoms with E-state index in [1.54, 1.807) is 90.8 Å². The average molecular weight is 1700 g/mol. The second-order valence-corrected chi connectivity index (χ2v) is 32.8. The van der Waals surface area contributed by atoms with Crippen LogP contribution in [0.25, 0.3) is 0 Å². The van der Waals surface area contributed by atoms with Gasteiger partial charge in [-0.3, -0.25) is 4.70 Å². The summed E-state index contributed by atoms with van der Waals surface area (Å²) in [5, 5.41) is 101. The predicted molar refractivity (Wildman–Crippen MR) is 417 cm³/mol. The van der Waals surface area contributed by atoms with Gasteiger partial charge in [-0.25, -0.2) is 0 Å². The molecule has 7 unspecified atom stereocenters. The van der Waals surface area contributed by atoms with E-state index >= 15 is 0 Å². The lowest BCUT2D eigenvalue weighted by atomic mass is 9.89. The number of hydrogen-bond donors (Lipinski definition) is 8. The van der Waals surface area contributed by atoms with E-state index in [1.165, 1.54) is 6.92 Å². The first-order chi connectivity index (χ1) is 51.9. The Balaban J connectivity index is 0.00000135. The maximum absolute atomic E-state index is 9.81. The summed E-state index contributed by atoms with van der Waals surface area (Å²) in [6.45, 7) is 32.1. The Labute approximate surface area is 694 Å². The van der Waals surface area contributed by atoms with Crippen LogP contribution in [0.4, 0.5) is 4.70 Å². The first kappa shape index (κ1) is 111. The molecule has 12 rings (SSSR count). The van der Waals surface area contributed by atoms with E-state index in [4.69, 9.17) is 140 Å². The van der Waals surface area contributed by atoms with Gasteiger partial charge in [-0.05, 0) is 118 Å². The molecule has 0 amide bonds. The zero-order valence-corrected chi connectivity index (χ0v) is 71.0. The normalized spacial score (nSPS) is 42.2. The van der Waals surface area contributed by atoms with Gasteiger partial charge in [0.05, 0.1) is 82.2 Å². The number of hydrogen-bond acceptors (Lipinski definition) is 37. The lowest BCUT2D eigenvalue weighted by molar-refractivity contribution is -0.245. The van der Waals surface area contributed by atoms with E-state index in [0.717, 1.165) is 6.26 Å². The van der Waals surface area contributed by atoms with Crippen molar-refractivity contribution in [3.05, 3.63) is 23.6 Å². The van der Waals surface area contributed by atoms with Gasteiger partial charge < -0.3 is 164 Å². The number of ether oxygens (including phenoxy) is 25. The Morgan fingerprint density at radius 2 is 0.761 bits per heavy atom.